The van der Waals surface area contributed by atoms with Crippen molar-refractivity contribution in [3.63, 3.8) is 0 Å². The molecule has 3 fully saturated rings. The zero-order chi connectivity index (χ0) is 20.1. The SMILES string of the molecule is CN=C(NCc1ccc(N2CCOCC2)c(F)c1)N1CCC(N2CCOCC2)C1. The molecule has 160 valence electrons. The van der Waals surface area contributed by atoms with Crippen LogP contribution in [0.5, 0.6) is 0 Å². The van der Waals surface area contributed by atoms with Crippen LogP contribution in [0.15, 0.2) is 23.2 Å². The van der Waals surface area contributed by atoms with E-state index in [1.807, 2.05) is 24.1 Å². The zero-order valence-electron chi connectivity index (χ0n) is 17.3. The smallest absolute Gasteiger partial charge is 0.193 e. The molecular weight excluding hydrogens is 373 g/mol. The van der Waals surface area contributed by atoms with E-state index in [4.69, 9.17) is 9.47 Å². The molecule has 1 N–H and O–H groups in total. The van der Waals surface area contributed by atoms with Crippen LogP contribution in [0.2, 0.25) is 0 Å². The Morgan fingerprint density at radius 3 is 2.52 bits per heavy atom. The zero-order valence-corrected chi connectivity index (χ0v) is 17.3. The maximum atomic E-state index is 14.6. The van der Waals surface area contributed by atoms with Crippen LogP contribution >= 0.6 is 0 Å². The normalized spacial score (nSPS) is 24.2. The summed E-state index contributed by atoms with van der Waals surface area (Å²) in [5.74, 6) is 0.716. The molecule has 0 radical (unpaired) electrons. The summed E-state index contributed by atoms with van der Waals surface area (Å²) in [6.07, 6.45) is 1.14. The molecule has 0 bridgehead atoms. The number of nitrogens with one attached hydrogen (secondary N) is 1. The summed E-state index contributed by atoms with van der Waals surface area (Å²) in [4.78, 5) is 11.3. The van der Waals surface area contributed by atoms with Gasteiger partial charge in [-0.1, -0.05) is 6.07 Å². The number of ether oxygens (including phenoxy) is 2. The molecule has 0 saturated carbocycles. The molecule has 0 spiro atoms. The summed E-state index contributed by atoms with van der Waals surface area (Å²) in [6.45, 7) is 8.99. The third-order valence-electron chi connectivity index (χ3n) is 6.05. The number of hydrogen-bond donors (Lipinski definition) is 1. The first kappa shape index (κ1) is 20.4. The highest BCUT2D eigenvalue weighted by Gasteiger charge is 2.30. The Balaban J connectivity index is 1.31. The van der Waals surface area contributed by atoms with Gasteiger partial charge in [-0.15, -0.1) is 0 Å². The van der Waals surface area contributed by atoms with Gasteiger partial charge in [0, 0.05) is 58.9 Å². The van der Waals surface area contributed by atoms with Crippen molar-refractivity contribution in [3.8, 4) is 0 Å². The number of benzene rings is 1. The molecule has 0 aromatic heterocycles. The first-order chi connectivity index (χ1) is 14.2. The third-order valence-corrected chi connectivity index (χ3v) is 6.05. The maximum Gasteiger partial charge on any atom is 0.193 e. The van der Waals surface area contributed by atoms with Gasteiger partial charge in [0.1, 0.15) is 5.82 Å². The average Bonchev–Trinajstić information content (AvgIpc) is 3.26. The summed E-state index contributed by atoms with van der Waals surface area (Å²) in [6, 6.07) is 6.06. The Morgan fingerprint density at radius 2 is 1.83 bits per heavy atom. The highest BCUT2D eigenvalue weighted by atomic mass is 19.1. The van der Waals surface area contributed by atoms with Gasteiger partial charge >= 0.3 is 0 Å². The minimum absolute atomic E-state index is 0.172. The fraction of sp³-hybridized carbons (Fsp3) is 0.667. The van der Waals surface area contributed by atoms with Crippen molar-refractivity contribution in [1.29, 1.82) is 0 Å². The van der Waals surface area contributed by atoms with Crippen LogP contribution in [-0.4, -0.2) is 94.5 Å². The molecule has 1 aromatic carbocycles. The van der Waals surface area contributed by atoms with E-state index in [0.29, 0.717) is 31.5 Å². The fourth-order valence-corrected chi connectivity index (χ4v) is 4.41. The Hall–Kier alpha value is -1.90. The standard InChI is InChI=1S/C21H32FN5O2/c1-23-21(27-5-4-18(16-27)25-6-10-28-11-7-25)24-15-17-2-3-20(19(22)14-17)26-8-12-29-13-9-26/h2-3,14,18H,4-13,15-16H2,1H3,(H,23,24). The molecule has 3 heterocycles. The first-order valence-electron chi connectivity index (χ1n) is 10.6. The molecule has 0 amide bonds. The highest BCUT2D eigenvalue weighted by molar-refractivity contribution is 5.80. The van der Waals surface area contributed by atoms with Gasteiger partial charge in [0.05, 0.1) is 32.1 Å². The van der Waals surface area contributed by atoms with E-state index in [0.717, 1.165) is 70.4 Å². The average molecular weight is 406 g/mol. The van der Waals surface area contributed by atoms with Crippen LogP contribution < -0.4 is 10.2 Å². The first-order valence-corrected chi connectivity index (χ1v) is 10.6. The molecule has 1 aromatic rings. The number of nitrogens with zero attached hydrogens (tertiary/aromatic N) is 4. The molecular formula is C21H32FN5O2. The molecule has 1 unspecified atom stereocenters. The van der Waals surface area contributed by atoms with E-state index in [9.17, 15) is 4.39 Å². The number of morpholine rings is 2. The number of rotatable bonds is 4. The van der Waals surface area contributed by atoms with Crippen molar-refractivity contribution >= 4 is 11.6 Å². The maximum absolute atomic E-state index is 14.6. The minimum atomic E-state index is -0.172. The molecule has 3 aliphatic heterocycles. The monoisotopic (exact) mass is 405 g/mol. The number of aliphatic imine (C=N–C) groups is 1. The van der Waals surface area contributed by atoms with Gasteiger partial charge in [0.2, 0.25) is 0 Å². The van der Waals surface area contributed by atoms with Crippen molar-refractivity contribution in [2.75, 3.05) is 77.6 Å². The van der Waals surface area contributed by atoms with E-state index in [2.05, 4.69) is 20.1 Å². The van der Waals surface area contributed by atoms with Gasteiger partial charge in [0.15, 0.2) is 5.96 Å². The fourth-order valence-electron chi connectivity index (χ4n) is 4.41. The number of guanidine groups is 1. The van der Waals surface area contributed by atoms with Crippen LogP contribution in [0.25, 0.3) is 0 Å². The van der Waals surface area contributed by atoms with Gasteiger partial charge in [-0.3, -0.25) is 9.89 Å². The Morgan fingerprint density at radius 1 is 1.10 bits per heavy atom. The van der Waals surface area contributed by atoms with Crippen molar-refractivity contribution in [3.05, 3.63) is 29.6 Å². The number of halogens is 1. The summed E-state index contributed by atoms with van der Waals surface area (Å²) < 4.78 is 25.5. The molecule has 4 rings (SSSR count). The van der Waals surface area contributed by atoms with Gasteiger partial charge in [0.25, 0.3) is 0 Å². The van der Waals surface area contributed by atoms with E-state index in [1.165, 1.54) is 0 Å². The van der Waals surface area contributed by atoms with Gasteiger partial charge in [-0.05, 0) is 24.1 Å². The predicted octanol–water partition coefficient (Wildman–Crippen LogP) is 1.14. The highest BCUT2D eigenvalue weighted by Crippen LogP contribution is 2.22. The number of likely N-dealkylation sites (tertiary alicyclic amines) is 1. The van der Waals surface area contributed by atoms with Crippen molar-refractivity contribution in [1.82, 2.24) is 15.1 Å². The van der Waals surface area contributed by atoms with Gasteiger partial charge in [-0.2, -0.15) is 0 Å². The van der Waals surface area contributed by atoms with E-state index in [-0.39, 0.29) is 5.82 Å². The van der Waals surface area contributed by atoms with E-state index < -0.39 is 0 Å². The Bertz CT molecular complexity index is 704. The van der Waals surface area contributed by atoms with Crippen molar-refractivity contribution in [2.45, 2.75) is 19.0 Å². The van der Waals surface area contributed by atoms with Crippen LogP contribution in [-0.2, 0) is 16.0 Å². The van der Waals surface area contributed by atoms with Crippen LogP contribution in [0.4, 0.5) is 10.1 Å². The number of hydrogen-bond acceptors (Lipinski definition) is 5. The van der Waals surface area contributed by atoms with Crippen molar-refractivity contribution < 1.29 is 13.9 Å². The summed E-state index contributed by atoms with van der Waals surface area (Å²) in [5, 5.41) is 3.41. The quantitative estimate of drug-likeness (QED) is 0.599. The topological polar surface area (TPSA) is 52.6 Å². The van der Waals surface area contributed by atoms with Crippen LogP contribution in [0.1, 0.15) is 12.0 Å². The number of anilines is 1. The molecule has 3 aliphatic rings. The molecule has 7 nitrogen and oxygen atoms in total. The second-order valence-electron chi connectivity index (χ2n) is 7.82. The lowest BCUT2D eigenvalue weighted by Crippen LogP contribution is -2.46. The second kappa shape index (κ2) is 9.73. The molecule has 1 atom stereocenters. The largest absolute Gasteiger partial charge is 0.379 e. The lowest BCUT2D eigenvalue weighted by Gasteiger charge is -2.32. The Labute approximate surface area is 172 Å². The second-order valence-corrected chi connectivity index (χ2v) is 7.82. The molecule has 0 aliphatic carbocycles. The molecule has 3 saturated heterocycles. The summed E-state index contributed by atoms with van der Waals surface area (Å²) >= 11 is 0. The van der Waals surface area contributed by atoms with Gasteiger partial charge < -0.3 is 24.6 Å². The lowest BCUT2D eigenvalue weighted by atomic mass is 10.1. The lowest BCUT2D eigenvalue weighted by molar-refractivity contribution is 0.0195. The van der Waals surface area contributed by atoms with Gasteiger partial charge in [-0.25, -0.2) is 4.39 Å². The van der Waals surface area contributed by atoms with E-state index >= 15 is 0 Å². The minimum Gasteiger partial charge on any atom is -0.379 e. The predicted molar refractivity (Wildman–Crippen MR) is 112 cm³/mol. The van der Waals surface area contributed by atoms with Crippen molar-refractivity contribution in [2.24, 2.45) is 4.99 Å². The summed E-state index contributed by atoms with van der Waals surface area (Å²) in [7, 11) is 1.81. The molecule has 29 heavy (non-hydrogen) atoms. The van der Waals surface area contributed by atoms with Crippen LogP contribution in [0, 0.1) is 5.82 Å². The molecule has 8 heteroatoms. The van der Waals surface area contributed by atoms with Crippen LogP contribution in [0.3, 0.4) is 0 Å². The third kappa shape index (κ3) is 4.99. The summed E-state index contributed by atoms with van der Waals surface area (Å²) in [5.41, 5.74) is 1.58. The Kier molecular flexibility index (Phi) is 6.84. The van der Waals surface area contributed by atoms with E-state index in [1.54, 1.807) is 6.07 Å².